The maximum absolute atomic E-state index is 12.1. The first-order chi connectivity index (χ1) is 10.5. The van der Waals surface area contributed by atoms with E-state index in [9.17, 15) is 9.59 Å². The maximum Gasteiger partial charge on any atom is 0.252 e. The molecule has 1 aromatic heterocycles. The molecule has 1 saturated heterocycles. The molecule has 24 heavy (non-hydrogen) atoms. The first kappa shape index (κ1) is 22.4. The third-order valence-electron chi connectivity index (χ3n) is 3.61. The predicted molar refractivity (Wildman–Crippen MR) is 95.9 cm³/mol. The van der Waals surface area contributed by atoms with E-state index >= 15 is 0 Å². The van der Waals surface area contributed by atoms with Crippen LogP contribution in [-0.4, -0.2) is 67.6 Å². The average Bonchev–Trinajstić information content (AvgIpc) is 2.54. The molecule has 10 heteroatoms. The molecule has 1 aromatic rings. The zero-order valence-corrected chi connectivity index (χ0v) is 15.0. The number of methoxy groups -OCH3 is 1. The van der Waals surface area contributed by atoms with Crippen molar-refractivity contribution >= 4 is 42.4 Å². The molecule has 2 heterocycles. The number of aromatic nitrogens is 1. The van der Waals surface area contributed by atoms with Gasteiger partial charge in [-0.2, -0.15) is 0 Å². The van der Waals surface area contributed by atoms with Crippen LogP contribution in [0.1, 0.15) is 10.4 Å². The van der Waals surface area contributed by atoms with Gasteiger partial charge in [0.25, 0.3) is 5.91 Å². The Morgan fingerprint density at radius 1 is 1.29 bits per heavy atom. The van der Waals surface area contributed by atoms with Gasteiger partial charge in [-0.1, -0.05) is 0 Å². The van der Waals surface area contributed by atoms with Crippen molar-refractivity contribution in [2.24, 2.45) is 11.5 Å². The summed E-state index contributed by atoms with van der Waals surface area (Å²) in [7, 11) is 1.51. The highest BCUT2D eigenvalue weighted by molar-refractivity contribution is 5.97. The molecule has 1 atom stereocenters. The molecule has 0 radical (unpaired) electrons. The highest BCUT2D eigenvalue weighted by atomic mass is 35.5. The van der Waals surface area contributed by atoms with E-state index in [0.717, 1.165) is 0 Å². The van der Waals surface area contributed by atoms with Crippen molar-refractivity contribution in [3.05, 3.63) is 23.9 Å². The van der Waals surface area contributed by atoms with E-state index in [1.165, 1.54) is 7.11 Å². The molecule has 4 N–H and O–H groups in total. The SMILES string of the molecule is COCC(N)C(=O)N1CCN(c2ncccc2C(N)=O)CC1.Cl.Cl. The third-order valence-corrected chi connectivity index (χ3v) is 3.61. The molecule has 0 aliphatic carbocycles. The lowest BCUT2D eigenvalue weighted by molar-refractivity contribution is -0.134. The summed E-state index contributed by atoms with van der Waals surface area (Å²) >= 11 is 0. The summed E-state index contributed by atoms with van der Waals surface area (Å²) in [4.78, 5) is 31.5. The van der Waals surface area contributed by atoms with Gasteiger partial charge in [0.15, 0.2) is 0 Å². The van der Waals surface area contributed by atoms with E-state index in [2.05, 4.69) is 4.98 Å². The first-order valence-corrected chi connectivity index (χ1v) is 7.07. The summed E-state index contributed by atoms with van der Waals surface area (Å²) in [6.45, 7) is 2.38. The van der Waals surface area contributed by atoms with Crippen molar-refractivity contribution < 1.29 is 14.3 Å². The van der Waals surface area contributed by atoms with Gasteiger partial charge in [0.2, 0.25) is 5.91 Å². The zero-order chi connectivity index (χ0) is 16.1. The van der Waals surface area contributed by atoms with Crippen LogP contribution in [0.15, 0.2) is 18.3 Å². The number of rotatable bonds is 5. The number of anilines is 1. The minimum absolute atomic E-state index is 0. The number of nitrogens with zero attached hydrogens (tertiary/aromatic N) is 3. The van der Waals surface area contributed by atoms with Crippen LogP contribution >= 0.6 is 24.8 Å². The molecular formula is C14H23Cl2N5O3. The second-order valence-electron chi connectivity index (χ2n) is 5.11. The van der Waals surface area contributed by atoms with E-state index in [1.54, 1.807) is 23.2 Å². The number of primary amides is 1. The summed E-state index contributed by atoms with van der Waals surface area (Å²) in [5.74, 6) is -0.0790. The number of hydrogen-bond acceptors (Lipinski definition) is 6. The normalized spacial score (nSPS) is 15.1. The lowest BCUT2D eigenvalue weighted by Gasteiger charge is -2.36. The van der Waals surface area contributed by atoms with Crippen LogP contribution in [-0.2, 0) is 9.53 Å². The lowest BCUT2D eigenvalue weighted by Crippen LogP contribution is -2.54. The van der Waals surface area contributed by atoms with E-state index in [1.807, 2.05) is 4.90 Å². The van der Waals surface area contributed by atoms with Crippen molar-refractivity contribution in [1.29, 1.82) is 0 Å². The van der Waals surface area contributed by atoms with Gasteiger partial charge >= 0.3 is 0 Å². The fourth-order valence-electron chi connectivity index (χ4n) is 2.47. The number of piperazine rings is 1. The van der Waals surface area contributed by atoms with Crippen LogP contribution in [0.4, 0.5) is 5.82 Å². The number of amides is 2. The molecule has 0 bridgehead atoms. The summed E-state index contributed by atoms with van der Waals surface area (Å²) in [6, 6.07) is 2.68. The number of hydrogen-bond donors (Lipinski definition) is 2. The molecule has 136 valence electrons. The van der Waals surface area contributed by atoms with Crippen LogP contribution < -0.4 is 16.4 Å². The van der Waals surface area contributed by atoms with Gasteiger partial charge in [-0.25, -0.2) is 4.98 Å². The maximum atomic E-state index is 12.1. The van der Waals surface area contributed by atoms with E-state index < -0.39 is 11.9 Å². The minimum Gasteiger partial charge on any atom is -0.383 e. The van der Waals surface area contributed by atoms with Crippen LogP contribution in [0.5, 0.6) is 0 Å². The Hall–Kier alpha value is -1.61. The molecule has 1 aliphatic rings. The van der Waals surface area contributed by atoms with Gasteiger partial charge in [-0.05, 0) is 12.1 Å². The van der Waals surface area contributed by atoms with Crippen molar-refractivity contribution in [1.82, 2.24) is 9.88 Å². The number of carbonyl (C=O) groups is 2. The summed E-state index contributed by atoms with van der Waals surface area (Å²) in [5.41, 5.74) is 11.5. The van der Waals surface area contributed by atoms with E-state index in [0.29, 0.717) is 37.6 Å². The molecule has 2 rings (SSSR count). The van der Waals surface area contributed by atoms with Crippen LogP contribution in [0.3, 0.4) is 0 Å². The highest BCUT2D eigenvalue weighted by Gasteiger charge is 2.27. The second kappa shape index (κ2) is 10.3. The summed E-state index contributed by atoms with van der Waals surface area (Å²) in [6.07, 6.45) is 1.62. The van der Waals surface area contributed by atoms with Crippen molar-refractivity contribution in [3.63, 3.8) is 0 Å². The summed E-state index contributed by atoms with van der Waals surface area (Å²) in [5, 5.41) is 0. The molecular weight excluding hydrogens is 357 g/mol. The second-order valence-corrected chi connectivity index (χ2v) is 5.11. The van der Waals surface area contributed by atoms with Crippen LogP contribution in [0, 0.1) is 0 Å². The van der Waals surface area contributed by atoms with Gasteiger partial charge in [0, 0.05) is 39.5 Å². The molecule has 1 unspecified atom stereocenters. The quantitative estimate of drug-likeness (QED) is 0.722. The molecule has 1 aliphatic heterocycles. The molecule has 0 spiro atoms. The van der Waals surface area contributed by atoms with Gasteiger partial charge < -0.3 is 26.0 Å². The Kier molecular flexibility index (Phi) is 9.60. The largest absolute Gasteiger partial charge is 0.383 e. The van der Waals surface area contributed by atoms with Crippen molar-refractivity contribution in [3.8, 4) is 0 Å². The molecule has 2 amide bonds. The molecule has 8 nitrogen and oxygen atoms in total. The van der Waals surface area contributed by atoms with Crippen LogP contribution in [0.2, 0.25) is 0 Å². The summed E-state index contributed by atoms with van der Waals surface area (Å²) < 4.78 is 4.90. The van der Waals surface area contributed by atoms with Gasteiger partial charge in [-0.3, -0.25) is 9.59 Å². The first-order valence-electron chi connectivity index (χ1n) is 7.07. The average molecular weight is 380 g/mol. The number of halogens is 2. The Balaban J connectivity index is 0.00000264. The minimum atomic E-state index is -0.646. The number of pyridine rings is 1. The fourth-order valence-corrected chi connectivity index (χ4v) is 2.47. The third kappa shape index (κ3) is 5.20. The number of carbonyl (C=O) groups excluding carboxylic acids is 2. The predicted octanol–water partition coefficient (Wildman–Crippen LogP) is -0.354. The number of nitrogens with two attached hydrogens (primary N) is 2. The molecule has 0 aromatic carbocycles. The van der Waals surface area contributed by atoms with Gasteiger partial charge in [0.1, 0.15) is 11.9 Å². The monoisotopic (exact) mass is 379 g/mol. The Morgan fingerprint density at radius 2 is 1.92 bits per heavy atom. The van der Waals surface area contributed by atoms with Crippen molar-refractivity contribution in [2.75, 3.05) is 44.8 Å². The standard InChI is InChI=1S/C14H21N5O3.2ClH/c1-22-9-11(15)14(21)19-7-5-18(6-8-19)13-10(12(16)20)3-2-4-17-13;;/h2-4,11H,5-9,15H2,1H3,(H2,16,20);2*1H. The Labute approximate surface area is 153 Å². The van der Waals surface area contributed by atoms with E-state index in [4.69, 9.17) is 16.2 Å². The van der Waals surface area contributed by atoms with Crippen LogP contribution in [0.25, 0.3) is 0 Å². The Bertz CT molecular complexity index is 553. The van der Waals surface area contributed by atoms with Crippen molar-refractivity contribution in [2.45, 2.75) is 6.04 Å². The highest BCUT2D eigenvalue weighted by Crippen LogP contribution is 2.18. The van der Waals surface area contributed by atoms with Gasteiger partial charge in [0.05, 0.1) is 12.2 Å². The lowest BCUT2D eigenvalue weighted by atomic mass is 10.2. The topological polar surface area (TPSA) is 115 Å². The van der Waals surface area contributed by atoms with Gasteiger partial charge in [-0.15, -0.1) is 24.8 Å². The zero-order valence-electron chi connectivity index (χ0n) is 13.4. The smallest absolute Gasteiger partial charge is 0.252 e. The number of ether oxygens (including phenoxy) is 1. The molecule has 1 fully saturated rings. The van der Waals surface area contributed by atoms with E-state index in [-0.39, 0.29) is 37.3 Å². The molecule has 0 saturated carbocycles. The Morgan fingerprint density at radius 3 is 2.46 bits per heavy atom. The fraction of sp³-hybridized carbons (Fsp3) is 0.500.